The molecule has 0 N–H and O–H groups in total. The maximum atomic E-state index is 13.1. The summed E-state index contributed by atoms with van der Waals surface area (Å²) in [6.45, 7) is 3.68. The van der Waals surface area contributed by atoms with Crippen molar-refractivity contribution in [2.24, 2.45) is 5.41 Å². The maximum absolute atomic E-state index is 13.1. The van der Waals surface area contributed by atoms with Crippen LogP contribution in [-0.2, 0) is 22.7 Å². The highest BCUT2D eigenvalue weighted by atomic mass is 16.5. The summed E-state index contributed by atoms with van der Waals surface area (Å²) in [5.74, 6) is 1.02. The second kappa shape index (κ2) is 9.51. The Balaban J connectivity index is 1.31. The van der Waals surface area contributed by atoms with E-state index < -0.39 is 0 Å². The van der Waals surface area contributed by atoms with Crippen LogP contribution < -0.4 is 4.74 Å². The molecule has 4 rings (SSSR count). The van der Waals surface area contributed by atoms with Crippen molar-refractivity contribution >= 4 is 5.91 Å². The van der Waals surface area contributed by atoms with E-state index in [1.165, 1.54) is 0 Å². The van der Waals surface area contributed by atoms with Gasteiger partial charge in [0.15, 0.2) is 0 Å². The molecule has 2 aromatic rings. The van der Waals surface area contributed by atoms with E-state index in [2.05, 4.69) is 11.0 Å². The third-order valence-electron chi connectivity index (χ3n) is 6.35. The number of carbonyl (C=O) groups excluding carboxylic acids is 1. The summed E-state index contributed by atoms with van der Waals surface area (Å²) >= 11 is 0. The standard InChI is InChI=1S/C25H29N3O3/c1-30-23-10-8-20(9-11-23)15-28-19-25(24(28)29)12-5-13-27(18-25)22(14-26)17-31-16-21-6-3-2-4-7-21/h2-4,6-11,22H,5,12-13,15-19H2,1H3. The lowest BCUT2D eigenvalue weighted by Crippen LogP contribution is -2.67. The summed E-state index contributed by atoms with van der Waals surface area (Å²) in [5, 5.41) is 9.71. The Morgan fingerprint density at radius 3 is 2.55 bits per heavy atom. The monoisotopic (exact) mass is 419 g/mol. The van der Waals surface area contributed by atoms with E-state index in [0.717, 1.165) is 42.8 Å². The van der Waals surface area contributed by atoms with E-state index in [1.54, 1.807) is 7.11 Å². The molecule has 0 aliphatic carbocycles. The molecule has 162 valence electrons. The molecule has 6 heteroatoms. The minimum Gasteiger partial charge on any atom is -0.497 e. The molecule has 0 aromatic heterocycles. The van der Waals surface area contributed by atoms with E-state index in [1.807, 2.05) is 59.5 Å². The SMILES string of the molecule is COc1ccc(CN2CC3(CCCN(C(C#N)COCc4ccccc4)C3)C2=O)cc1. The van der Waals surface area contributed by atoms with Crippen molar-refractivity contribution in [3.05, 3.63) is 65.7 Å². The number of ether oxygens (including phenoxy) is 2. The first kappa shape index (κ1) is 21.4. The molecule has 2 saturated heterocycles. The van der Waals surface area contributed by atoms with Crippen LogP contribution in [0.1, 0.15) is 24.0 Å². The maximum Gasteiger partial charge on any atom is 0.232 e. The van der Waals surface area contributed by atoms with Gasteiger partial charge in [-0.3, -0.25) is 9.69 Å². The molecule has 1 spiro atoms. The zero-order chi connectivity index (χ0) is 21.7. The third kappa shape index (κ3) is 4.73. The van der Waals surface area contributed by atoms with Crippen molar-refractivity contribution in [3.8, 4) is 11.8 Å². The van der Waals surface area contributed by atoms with E-state index in [-0.39, 0.29) is 17.4 Å². The molecule has 0 saturated carbocycles. The van der Waals surface area contributed by atoms with Gasteiger partial charge in [-0.05, 0) is 42.6 Å². The van der Waals surface area contributed by atoms with Crippen LogP contribution in [0.4, 0.5) is 0 Å². The largest absolute Gasteiger partial charge is 0.497 e. The number of amides is 1. The molecule has 2 atom stereocenters. The summed E-state index contributed by atoms with van der Waals surface area (Å²) < 4.78 is 11.0. The molecule has 6 nitrogen and oxygen atoms in total. The quantitative estimate of drug-likeness (QED) is 0.615. The van der Waals surface area contributed by atoms with Gasteiger partial charge in [-0.15, -0.1) is 0 Å². The number of piperidine rings is 1. The molecule has 1 amide bonds. The number of hydrogen-bond donors (Lipinski definition) is 0. The molecule has 31 heavy (non-hydrogen) atoms. The Kier molecular flexibility index (Phi) is 6.55. The zero-order valence-corrected chi connectivity index (χ0v) is 18.0. The molecule has 2 aromatic carbocycles. The predicted molar refractivity (Wildman–Crippen MR) is 117 cm³/mol. The fourth-order valence-electron chi connectivity index (χ4n) is 4.65. The van der Waals surface area contributed by atoms with E-state index >= 15 is 0 Å². The van der Waals surface area contributed by atoms with Crippen LogP contribution in [-0.4, -0.2) is 55.1 Å². The number of nitrogens with zero attached hydrogens (tertiary/aromatic N) is 3. The number of rotatable bonds is 8. The zero-order valence-electron chi connectivity index (χ0n) is 18.0. The predicted octanol–water partition coefficient (Wildman–Crippen LogP) is 3.23. The van der Waals surface area contributed by atoms with Gasteiger partial charge in [0.1, 0.15) is 11.8 Å². The lowest BCUT2D eigenvalue weighted by Gasteiger charge is -2.53. The van der Waals surface area contributed by atoms with Crippen LogP contribution in [0, 0.1) is 16.7 Å². The van der Waals surface area contributed by atoms with Gasteiger partial charge in [0.2, 0.25) is 5.91 Å². The molecule has 0 bridgehead atoms. The van der Waals surface area contributed by atoms with Gasteiger partial charge in [0, 0.05) is 19.6 Å². The fraction of sp³-hybridized carbons (Fsp3) is 0.440. The van der Waals surface area contributed by atoms with Crippen LogP contribution in [0.5, 0.6) is 5.75 Å². The second-order valence-electron chi connectivity index (χ2n) is 8.51. The van der Waals surface area contributed by atoms with Crippen molar-refractivity contribution in [2.45, 2.75) is 32.0 Å². The lowest BCUT2D eigenvalue weighted by atomic mass is 9.72. The summed E-state index contributed by atoms with van der Waals surface area (Å²) in [5.41, 5.74) is 1.85. The summed E-state index contributed by atoms with van der Waals surface area (Å²) in [4.78, 5) is 17.1. The highest BCUT2D eigenvalue weighted by Gasteiger charge is 2.54. The Morgan fingerprint density at radius 1 is 1.10 bits per heavy atom. The van der Waals surface area contributed by atoms with Crippen molar-refractivity contribution in [2.75, 3.05) is 33.4 Å². The number of likely N-dealkylation sites (tertiary alicyclic amines) is 2. The van der Waals surface area contributed by atoms with Gasteiger partial charge >= 0.3 is 0 Å². The molecule has 2 heterocycles. The number of methoxy groups -OCH3 is 1. The summed E-state index contributed by atoms with van der Waals surface area (Å²) in [6.07, 6.45) is 1.82. The molecule has 2 fully saturated rings. The van der Waals surface area contributed by atoms with Gasteiger partial charge in [0.25, 0.3) is 0 Å². The Labute approximate surface area is 184 Å². The van der Waals surface area contributed by atoms with Crippen LogP contribution >= 0.6 is 0 Å². The van der Waals surface area contributed by atoms with Crippen molar-refractivity contribution in [1.82, 2.24) is 9.80 Å². The van der Waals surface area contributed by atoms with Gasteiger partial charge in [0.05, 0.1) is 31.8 Å². The van der Waals surface area contributed by atoms with E-state index in [9.17, 15) is 10.1 Å². The Morgan fingerprint density at radius 2 is 1.87 bits per heavy atom. The average Bonchev–Trinajstić information content (AvgIpc) is 2.82. The van der Waals surface area contributed by atoms with Crippen LogP contribution in [0.15, 0.2) is 54.6 Å². The topological polar surface area (TPSA) is 65.8 Å². The smallest absolute Gasteiger partial charge is 0.232 e. The number of β-lactam (4-membered cyclic amide) rings is 1. The van der Waals surface area contributed by atoms with Crippen LogP contribution in [0.25, 0.3) is 0 Å². The van der Waals surface area contributed by atoms with Gasteiger partial charge in [-0.2, -0.15) is 5.26 Å². The van der Waals surface area contributed by atoms with Crippen LogP contribution in [0.3, 0.4) is 0 Å². The first-order valence-corrected chi connectivity index (χ1v) is 10.8. The average molecular weight is 420 g/mol. The molecule has 2 aliphatic rings. The number of carbonyl (C=O) groups is 1. The highest BCUT2D eigenvalue weighted by Crippen LogP contribution is 2.41. The molecule has 0 radical (unpaired) electrons. The minimum absolute atomic E-state index is 0.204. The number of hydrogen-bond acceptors (Lipinski definition) is 5. The molecule has 2 aliphatic heterocycles. The summed E-state index contributed by atoms with van der Waals surface area (Å²) in [6, 6.07) is 19.9. The van der Waals surface area contributed by atoms with Crippen LogP contribution in [0.2, 0.25) is 0 Å². The number of benzene rings is 2. The minimum atomic E-state index is -0.348. The van der Waals surface area contributed by atoms with E-state index in [4.69, 9.17) is 9.47 Å². The lowest BCUT2D eigenvalue weighted by molar-refractivity contribution is -0.168. The summed E-state index contributed by atoms with van der Waals surface area (Å²) in [7, 11) is 1.65. The first-order valence-electron chi connectivity index (χ1n) is 10.8. The van der Waals surface area contributed by atoms with Crippen molar-refractivity contribution < 1.29 is 14.3 Å². The van der Waals surface area contributed by atoms with Crippen molar-refractivity contribution in [1.29, 1.82) is 5.26 Å². The second-order valence-corrected chi connectivity index (χ2v) is 8.51. The fourth-order valence-corrected chi connectivity index (χ4v) is 4.65. The van der Waals surface area contributed by atoms with Gasteiger partial charge < -0.3 is 14.4 Å². The third-order valence-corrected chi connectivity index (χ3v) is 6.35. The number of nitriles is 1. The molecular weight excluding hydrogens is 390 g/mol. The molecule has 2 unspecified atom stereocenters. The Hall–Kier alpha value is -2.88. The Bertz CT molecular complexity index is 925. The van der Waals surface area contributed by atoms with Gasteiger partial charge in [-0.25, -0.2) is 0 Å². The highest BCUT2D eigenvalue weighted by molar-refractivity contribution is 5.89. The molecular formula is C25H29N3O3. The normalized spacial score (nSPS) is 22.1. The van der Waals surface area contributed by atoms with E-state index in [0.29, 0.717) is 26.3 Å². The van der Waals surface area contributed by atoms with Crippen molar-refractivity contribution in [3.63, 3.8) is 0 Å². The van der Waals surface area contributed by atoms with Gasteiger partial charge in [-0.1, -0.05) is 42.5 Å². The first-order chi connectivity index (χ1) is 15.1.